The van der Waals surface area contributed by atoms with Crippen molar-refractivity contribution < 1.29 is 14.7 Å². The van der Waals surface area contributed by atoms with Crippen LogP contribution in [0.3, 0.4) is 0 Å². The van der Waals surface area contributed by atoms with Crippen LogP contribution in [0.5, 0.6) is 0 Å². The summed E-state index contributed by atoms with van der Waals surface area (Å²) in [6, 6.07) is 0. The summed E-state index contributed by atoms with van der Waals surface area (Å²) in [4.78, 5) is 26.1. The van der Waals surface area contributed by atoms with Gasteiger partial charge in [0.05, 0.1) is 5.56 Å². The van der Waals surface area contributed by atoms with Gasteiger partial charge in [-0.3, -0.25) is 10.6 Å². The maximum Gasteiger partial charge on any atom is 0.339 e. The molecule has 4 N–H and O–H groups in total. The third-order valence-electron chi connectivity index (χ3n) is 5.99. The molecule has 1 heterocycles. The minimum atomic E-state index is -0.942. The summed E-state index contributed by atoms with van der Waals surface area (Å²) in [7, 11) is 1.82. The number of carbonyl (C=O) groups is 2. The van der Waals surface area contributed by atoms with Gasteiger partial charge in [0.15, 0.2) is 0 Å². The summed E-state index contributed by atoms with van der Waals surface area (Å²) in [5.41, 5.74) is 1.32. The van der Waals surface area contributed by atoms with Crippen molar-refractivity contribution in [1.29, 1.82) is 0 Å². The van der Waals surface area contributed by atoms with E-state index >= 15 is 0 Å². The zero-order chi connectivity index (χ0) is 19.8. The van der Waals surface area contributed by atoms with Crippen molar-refractivity contribution in [1.82, 2.24) is 5.01 Å². The highest BCUT2D eigenvalue weighted by Crippen LogP contribution is 2.44. The van der Waals surface area contributed by atoms with E-state index in [1.165, 1.54) is 11.3 Å². The molecule has 0 unspecified atom stereocenters. The molecule has 3 rings (SSSR count). The lowest BCUT2D eigenvalue weighted by molar-refractivity contribution is -0.122. The van der Waals surface area contributed by atoms with E-state index < -0.39 is 5.97 Å². The zero-order valence-corrected chi connectivity index (χ0v) is 17.3. The largest absolute Gasteiger partial charge is 0.478 e. The first-order valence-corrected chi connectivity index (χ1v) is 10.6. The maximum atomic E-state index is 13.0. The molecule has 27 heavy (non-hydrogen) atoms. The summed E-state index contributed by atoms with van der Waals surface area (Å²) in [6.07, 6.45) is 6.65. The van der Waals surface area contributed by atoms with Crippen LogP contribution in [0.2, 0.25) is 0 Å². The molecular weight excluding hydrogens is 362 g/mol. The number of carboxylic acid groups (broad SMARTS) is 1. The Morgan fingerprint density at radius 1 is 1.33 bits per heavy atom. The van der Waals surface area contributed by atoms with Gasteiger partial charge < -0.3 is 10.4 Å². The predicted octanol–water partition coefficient (Wildman–Crippen LogP) is 3.51. The number of nitrogens with zero attached hydrogens (tertiary/aromatic N) is 1. The number of nitrogens with one attached hydrogen (secondary N) is 1. The minimum absolute atomic E-state index is 0.0538. The van der Waals surface area contributed by atoms with E-state index in [1.54, 1.807) is 5.01 Å². The molecule has 150 valence electrons. The van der Waals surface area contributed by atoms with E-state index in [-0.39, 0.29) is 23.2 Å². The van der Waals surface area contributed by atoms with Crippen molar-refractivity contribution >= 4 is 28.2 Å². The standard InChI is InChI=1S/C20H31N3O3S/c1-20(2)9-8-15-14(10-20)16(19(25)26)18(27-15)22-17(24)13-7-5-4-6-12(13)11-23(3)21/h12-13H,4-11,21H2,1-3H3,(H,22,24)(H,25,26)/t12-,13+/m0/s1. The molecule has 1 aromatic rings. The minimum Gasteiger partial charge on any atom is -0.478 e. The quantitative estimate of drug-likeness (QED) is 0.525. The van der Waals surface area contributed by atoms with E-state index in [2.05, 4.69) is 19.2 Å². The summed E-state index contributed by atoms with van der Waals surface area (Å²) >= 11 is 1.45. The Bertz CT molecular complexity index is 726. The van der Waals surface area contributed by atoms with Gasteiger partial charge in [-0.05, 0) is 49.0 Å². The molecule has 2 aliphatic rings. The van der Waals surface area contributed by atoms with Crippen molar-refractivity contribution in [2.45, 2.75) is 58.8 Å². The highest BCUT2D eigenvalue weighted by atomic mass is 32.1. The smallest absolute Gasteiger partial charge is 0.339 e. The monoisotopic (exact) mass is 393 g/mol. The van der Waals surface area contributed by atoms with Gasteiger partial charge >= 0.3 is 5.97 Å². The molecule has 2 atom stereocenters. The van der Waals surface area contributed by atoms with Crippen LogP contribution in [-0.4, -0.2) is 35.6 Å². The Balaban J connectivity index is 1.83. The zero-order valence-electron chi connectivity index (χ0n) is 16.5. The van der Waals surface area contributed by atoms with Crippen molar-refractivity contribution in [3.63, 3.8) is 0 Å². The number of hydrazine groups is 1. The highest BCUT2D eigenvalue weighted by Gasteiger charge is 2.35. The lowest BCUT2D eigenvalue weighted by Gasteiger charge is -2.32. The average molecular weight is 394 g/mol. The van der Waals surface area contributed by atoms with Crippen LogP contribution in [0.4, 0.5) is 5.00 Å². The second-order valence-corrected chi connectivity index (χ2v) is 10.0. The fraction of sp³-hybridized carbons (Fsp3) is 0.700. The Labute approximate surface area is 165 Å². The highest BCUT2D eigenvalue weighted by molar-refractivity contribution is 7.17. The van der Waals surface area contributed by atoms with E-state index in [0.717, 1.165) is 55.4 Å². The Kier molecular flexibility index (Phi) is 5.93. The molecule has 0 saturated heterocycles. The predicted molar refractivity (Wildman–Crippen MR) is 108 cm³/mol. The fourth-order valence-electron chi connectivity index (χ4n) is 4.58. The van der Waals surface area contributed by atoms with E-state index in [1.807, 2.05) is 7.05 Å². The molecule has 1 aromatic heterocycles. The second-order valence-electron chi connectivity index (χ2n) is 8.93. The summed E-state index contributed by atoms with van der Waals surface area (Å²) in [5, 5.41) is 15.0. The number of aromatic carboxylic acids is 1. The molecule has 0 spiro atoms. The number of carboxylic acids is 1. The normalized spacial score (nSPS) is 24.5. The van der Waals surface area contributed by atoms with Crippen molar-refractivity contribution in [3.05, 3.63) is 16.0 Å². The second kappa shape index (κ2) is 7.89. The van der Waals surface area contributed by atoms with E-state index in [4.69, 9.17) is 5.84 Å². The molecule has 0 aliphatic heterocycles. The van der Waals surface area contributed by atoms with Gasteiger partial charge in [-0.15, -0.1) is 11.3 Å². The number of hydrogen-bond donors (Lipinski definition) is 3. The number of fused-ring (bicyclic) bond motifs is 1. The third-order valence-corrected chi connectivity index (χ3v) is 7.20. The first kappa shape index (κ1) is 20.3. The molecular formula is C20H31N3O3S. The Morgan fingerprint density at radius 3 is 2.70 bits per heavy atom. The number of rotatable bonds is 5. The van der Waals surface area contributed by atoms with Crippen molar-refractivity contribution in [3.8, 4) is 0 Å². The van der Waals surface area contributed by atoms with E-state index in [9.17, 15) is 14.7 Å². The molecule has 1 fully saturated rings. The SMILES string of the molecule is CN(N)C[C@@H]1CCCC[C@H]1C(=O)Nc1sc2c(c1C(=O)O)CC(C)(C)CC2. The molecule has 1 saturated carbocycles. The van der Waals surface area contributed by atoms with Gasteiger partial charge in [-0.1, -0.05) is 26.7 Å². The maximum absolute atomic E-state index is 13.0. The van der Waals surface area contributed by atoms with Crippen LogP contribution < -0.4 is 11.2 Å². The number of anilines is 1. The average Bonchev–Trinajstić information content (AvgIpc) is 2.90. The lowest BCUT2D eigenvalue weighted by Crippen LogP contribution is -2.40. The number of carbonyl (C=O) groups excluding carboxylic acids is 1. The van der Waals surface area contributed by atoms with E-state index in [0.29, 0.717) is 17.1 Å². The molecule has 6 nitrogen and oxygen atoms in total. The van der Waals surface area contributed by atoms with Gasteiger partial charge in [0.25, 0.3) is 0 Å². The number of amides is 1. The molecule has 7 heteroatoms. The summed E-state index contributed by atoms with van der Waals surface area (Å²) in [6.45, 7) is 5.03. The van der Waals surface area contributed by atoms with Gasteiger partial charge in [0, 0.05) is 24.4 Å². The van der Waals surface area contributed by atoms with Crippen LogP contribution >= 0.6 is 11.3 Å². The van der Waals surface area contributed by atoms with Crippen LogP contribution in [-0.2, 0) is 17.6 Å². The van der Waals surface area contributed by atoms with Crippen LogP contribution in [0, 0.1) is 17.3 Å². The van der Waals surface area contributed by atoms with Crippen LogP contribution in [0.1, 0.15) is 66.8 Å². The van der Waals surface area contributed by atoms with Crippen LogP contribution in [0.15, 0.2) is 0 Å². The Morgan fingerprint density at radius 2 is 2.04 bits per heavy atom. The number of aryl methyl sites for hydroxylation is 1. The van der Waals surface area contributed by atoms with Gasteiger partial charge in [-0.25, -0.2) is 9.80 Å². The van der Waals surface area contributed by atoms with Gasteiger partial charge in [0.1, 0.15) is 5.00 Å². The van der Waals surface area contributed by atoms with Crippen molar-refractivity contribution in [2.75, 3.05) is 18.9 Å². The number of hydrogen-bond acceptors (Lipinski definition) is 5. The Hall–Kier alpha value is -1.44. The lowest BCUT2D eigenvalue weighted by atomic mass is 9.76. The molecule has 2 aliphatic carbocycles. The van der Waals surface area contributed by atoms with Crippen LogP contribution in [0.25, 0.3) is 0 Å². The fourth-order valence-corrected chi connectivity index (χ4v) is 5.79. The summed E-state index contributed by atoms with van der Waals surface area (Å²) in [5.74, 6) is 4.93. The van der Waals surface area contributed by atoms with Gasteiger partial charge in [-0.2, -0.15) is 0 Å². The molecule has 0 bridgehead atoms. The third kappa shape index (κ3) is 4.52. The first-order chi connectivity index (χ1) is 12.7. The number of thiophene rings is 1. The topological polar surface area (TPSA) is 95.7 Å². The van der Waals surface area contributed by atoms with Gasteiger partial charge in [0.2, 0.25) is 5.91 Å². The molecule has 0 aromatic carbocycles. The van der Waals surface area contributed by atoms with Crippen molar-refractivity contribution in [2.24, 2.45) is 23.1 Å². The molecule has 0 radical (unpaired) electrons. The number of nitrogens with two attached hydrogens (primary N) is 1. The summed E-state index contributed by atoms with van der Waals surface area (Å²) < 4.78 is 0. The molecule has 1 amide bonds. The first-order valence-electron chi connectivity index (χ1n) is 9.82.